The summed E-state index contributed by atoms with van der Waals surface area (Å²) in [6, 6.07) is 64.8. The molecule has 0 saturated heterocycles. The van der Waals surface area contributed by atoms with Crippen LogP contribution in [0.25, 0.3) is 22.3 Å². The van der Waals surface area contributed by atoms with Crippen LogP contribution < -0.4 is 21.3 Å². The van der Waals surface area contributed by atoms with E-state index in [9.17, 15) is 71.9 Å². The molecule has 14 atom stereocenters. The molecule has 22 rings (SSSR count). The number of carbonyl (C=O) groups excluding carboxylic acids is 4. The van der Waals surface area contributed by atoms with Crippen LogP contribution in [0.1, 0.15) is 244 Å². The lowest BCUT2D eigenvalue weighted by atomic mass is 9.78. The van der Waals surface area contributed by atoms with Gasteiger partial charge in [-0.25, -0.2) is 0 Å². The molecule has 4 amide bonds. The van der Waals surface area contributed by atoms with E-state index in [1.54, 1.807) is 19.6 Å². The minimum atomic E-state index is -4.44. The average molecular weight is 1980 g/mol. The molecule has 12 unspecified atom stereocenters. The van der Waals surface area contributed by atoms with Crippen molar-refractivity contribution >= 4 is 23.6 Å². The van der Waals surface area contributed by atoms with Crippen molar-refractivity contribution in [2.24, 2.45) is 45.3 Å². The van der Waals surface area contributed by atoms with E-state index in [1.165, 1.54) is 68.8 Å². The summed E-state index contributed by atoms with van der Waals surface area (Å²) >= 11 is 0. The van der Waals surface area contributed by atoms with Crippen LogP contribution in [0.5, 0.6) is 0 Å². The highest BCUT2D eigenvalue weighted by Crippen LogP contribution is 2.60. The van der Waals surface area contributed by atoms with Crippen molar-refractivity contribution in [3.8, 4) is 22.3 Å². The first-order chi connectivity index (χ1) is 69.2. The number of rotatable bonds is 20. The van der Waals surface area contributed by atoms with Crippen LogP contribution in [-0.2, 0) is 109 Å². The van der Waals surface area contributed by atoms with Gasteiger partial charge in [-0.3, -0.25) is 39.1 Å². The SMILES string of the molecule is C[C@@H](NC1CC2CCCC2(C(=O)N2CCc3ncc(C(F)(F)F)cc3C2)C1)c1ccccc1.C[C@H](NC1CC2CCCC2(C(=O)N2CCc3ncc(C(F)(F)F)cc3C2)C1)c1ccccc1.O=C(N1CCc2ncc(C(F)(F)F)cc2C1)C12CCCC1CC(NCCc1ccc(-c3ccccc3)cc1)C2.O=C(N1CCc2ncc(C(F)(F)F)cc2C1)C12CCCC1CC(NCCc1ccccc1-c1ccccc1)C2. The van der Waals surface area contributed by atoms with E-state index >= 15 is 0 Å². The smallest absolute Gasteiger partial charge is 0.337 e. The zero-order valence-corrected chi connectivity index (χ0v) is 81.8. The summed E-state index contributed by atoms with van der Waals surface area (Å²) in [5.41, 5.74) is 10.2. The van der Waals surface area contributed by atoms with Crippen molar-refractivity contribution in [1.82, 2.24) is 60.8 Å². The molecule has 4 aromatic heterocycles. The van der Waals surface area contributed by atoms with Gasteiger partial charge in [0.15, 0.2) is 0 Å². The number of carbonyl (C=O) groups is 4. The third kappa shape index (κ3) is 21.8. The Kier molecular flexibility index (Phi) is 29.8. The topological polar surface area (TPSA) is 181 Å². The molecule has 0 bridgehead atoms. The predicted molar refractivity (Wildman–Crippen MR) is 528 cm³/mol. The number of fused-ring (bicyclic) bond motifs is 8. The van der Waals surface area contributed by atoms with Crippen molar-refractivity contribution in [1.29, 1.82) is 0 Å². The molecule has 8 saturated carbocycles. The van der Waals surface area contributed by atoms with Crippen molar-refractivity contribution in [3.05, 3.63) is 308 Å². The van der Waals surface area contributed by atoms with Crippen LogP contribution in [0.4, 0.5) is 52.7 Å². The normalized spacial score (nSPS) is 26.0. The fraction of sp³-hybridized carbons (Fsp3) is 0.483. The first-order valence-electron chi connectivity index (χ1n) is 51.9. The molecule has 16 nitrogen and oxygen atoms in total. The molecule has 8 heterocycles. The number of pyridine rings is 4. The van der Waals surface area contributed by atoms with E-state index in [4.69, 9.17) is 0 Å². The minimum absolute atomic E-state index is 0.129. The van der Waals surface area contributed by atoms with Crippen LogP contribution in [-0.4, -0.2) is 127 Å². The maximum absolute atomic E-state index is 14.0. The lowest BCUT2D eigenvalue weighted by molar-refractivity contribution is -0.145. The molecule has 144 heavy (non-hydrogen) atoms. The monoisotopic (exact) mass is 1980 g/mol. The Hall–Kier alpha value is -11.2. The Morgan fingerprint density at radius 2 is 0.632 bits per heavy atom. The average Bonchev–Trinajstić information content (AvgIpc) is 1.60. The molecule has 0 radical (unpaired) electrons. The van der Waals surface area contributed by atoms with Crippen LogP contribution in [0, 0.1) is 45.3 Å². The highest BCUT2D eigenvalue weighted by Gasteiger charge is 2.61. The Morgan fingerprint density at radius 1 is 0.347 bits per heavy atom. The Bertz CT molecular complexity index is 6030. The molecule has 10 aromatic rings. The number of amides is 4. The summed E-state index contributed by atoms with van der Waals surface area (Å²) in [5, 5.41) is 15.0. The third-order valence-electron chi connectivity index (χ3n) is 34.3. The number of nitrogens with zero attached hydrogens (tertiary/aromatic N) is 8. The largest absolute Gasteiger partial charge is 0.417 e. The number of aromatic nitrogens is 4. The van der Waals surface area contributed by atoms with Gasteiger partial charge in [-0.2, -0.15) is 52.7 Å². The van der Waals surface area contributed by atoms with E-state index in [-0.39, 0.29) is 96.3 Å². The van der Waals surface area contributed by atoms with Gasteiger partial charge in [0.2, 0.25) is 23.6 Å². The van der Waals surface area contributed by atoms with Crippen LogP contribution >= 0.6 is 0 Å². The van der Waals surface area contributed by atoms with Crippen molar-refractivity contribution in [3.63, 3.8) is 0 Å². The van der Waals surface area contributed by atoms with E-state index < -0.39 is 52.4 Å². The molecule has 28 heteroatoms. The zero-order chi connectivity index (χ0) is 101. The number of halogens is 12. The molecule has 0 spiro atoms. The van der Waals surface area contributed by atoms with Crippen molar-refractivity contribution in [2.45, 2.75) is 268 Å². The standard InChI is InChI=1S/2C32H34F3N3O.2C26H30F3N3O/c33-32(34,35)26-17-24-21-38(16-13-29(24)37-20-26)30(39)31-14-6-10-25(31)18-27(19-31)36-15-12-23-9-4-5-11-28(23)22-7-2-1-3-8-22;33-32(34,35)27-17-25-21-38(16-13-29(25)37-20-27)30(39)31-14-4-7-26(31)18-28(19-31)36-15-12-22-8-10-24(11-9-22)23-5-2-1-3-6-23;2*1-17(18-6-3-2-4-7-18)31-22-13-20-8-5-10-25(20,14-22)24(33)32-11-9-23-19(16-32)12-21(15-30-23)26(27,28)29/h1-5,7-9,11,17,20,25,27,36H,6,10,12-16,18-19,21H2;1-3,5-6,8-11,17,20,26,28,36H,4,7,12-16,18-19,21H2;2*2-4,6-7,12,15,17,20,22,31H,5,8-11,13-14,16H2,1H3/t;;2*17-,20?,22?,25?/m..10/s1. The second kappa shape index (κ2) is 42.3. The summed E-state index contributed by atoms with van der Waals surface area (Å²) in [4.78, 5) is 79.1. The first-order valence-corrected chi connectivity index (χ1v) is 51.9. The number of nitrogens with one attached hydrogen (secondary N) is 4. The van der Waals surface area contributed by atoms with Gasteiger partial charge in [0.05, 0.1) is 43.9 Å². The third-order valence-corrected chi connectivity index (χ3v) is 34.3. The first kappa shape index (κ1) is 101. The number of alkyl halides is 12. The summed E-state index contributed by atoms with van der Waals surface area (Å²) < 4.78 is 159. The van der Waals surface area contributed by atoms with E-state index in [0.717, 1.165) is 179 Å². The zero-order valence-electron chi connectivity index (χ0n) is 81.8. The summed E-state index contributed by atoms with van der Waals surface area (Å²) in [6.07, 6.45) is 8.78. The number of benzene rings is 6. The highest BCUT2D eigenvalue weighted by molar-refractivity contribution is 5.87. The fourth-order valence-corrected chi connectivity index (χ4v) is 27.2. The van der Waals surface area contributed by atoms with Gasteiger partial charge < -0.3 is 40.9 Å². The van der Waals surface area contributed by atoms with Gasteiger partial charge in [-0.05, 0) is 257 Å². The fourth-order valence-electron chi connectivity index (χ4n) is 27.2. The van der Waals surface area contributed by atoms with Crippen LogP contribution in [0.2, 0.25) is 0 Å². The van der Waals surface area contributed by atoms with Crippen LogP contribution in [0.3, 0.4) is 0 Å². The molecule has 8 fully saturated rings. The summed E-state index contributed by atoms with van der Waals surface area (Å²) in [7, 11) is 0. The van der Waals surface area contributed by atoms with E-state index in [1.807, 2.05) is 60.7 Å². The van der Waals surface area contributed by atoms with Crippen molar-refractivity contribution in [2.75, 3.05) is 39.3 Å². The van der Waals surface area contributed by atoms with Crippen molar-refractivity contribution < 1.29 is 71.9 Å². The molecule has 760 valence electrons. The van der Waals surface area contributed by atoms with E-state index in [0.29, 0.717) is 127 Å². The van der Waals surface area contributed by atoms with Gasteiger partial charge in [-0.15, -0.1) is 0 Å². The Morgan fingerprint density at radius 3 is 0.965 bits per heavy atom. The van der Waals surface area contributed by atoms with Gasteiger partial charge in [0.1, 0.15) is 0 Å². The second-order valence-corrected chi connectivity index (χ2v) is 42.8. The highest BCUT2D eigenvalue weighted by atomic mass is 19.4. The lowest BCUT2D eigenvalue weighted by Crippen LogP contribution is -2.47. The molecule has 4 N–H and O–H groups in total. The number of hydrogen-bond donors (Lipinski definition) is 4. The van der Waals surface area contributed by atoms with Gasteiger partial charge in [0, 0.05) is 162 Å². The second-order valence-electron chi connectivity index (χ2n) is 42.8. The van der Waals surface area contributed by atoms with Gasteiger partial charge in [0.25, 0.3) is 0 Å². The predicted octanol–water partition coefficient (Wildman–Crippen LogP) is 23.4. The summed E-state index contributed by atoms with van der Waals surface area (Å²) in [5.74, 6) is 1.88. The molecular weight excluding hydrogens is 1850 g/mol. The maximum Gasteiger partial charge on any atom is 0.417 e. The molecule has 4 aliphatic heterocycles. The maximum atomic E-state index is 14.0. The van der Waals surface area contributed by atoms with E-state index in [2.05, 4.69) is 164 Å². The quantitative estimate of drug-likeness (QED) is 0.0531. The number of hydrogen-bond acceptors (Lipinski definition) is 12. The molecule has 8 aliphatic carbocycles. The van der Waals surface area contributed by atoms with Gasteiger partial charge in [-0.1, -0.05) is 196 Å². The summed E-state index contributed by atoms with van der Waals surface area (Å²) in [6.45, 7) is 8.98. The molecule has 12 aliphatic rings. The van der Waals surface area contributed by atoms with Gasteiger partial charge >= 0.3 is 24.7 Å². The molecular formula is C116H128F12N12O4. The minimum Gasteiger partial charge on any atom is -0.337 e. The lowest BCUT2D eigenvalue weighted by Gasteiger charge is -2.37. The molecule has 6 aromatic carbocycles. The van der Waals surface area contributed by atoms with Crippen LogP contribution in [0.15, 0.2) is 219 Å². The Balaban J connectivity index is 0.000000122. The Labute approximate surface area is 835 Å².